The Labute approximate surface area is 262 Å². The minimum atomic E-state index is -0.491. The summed E-state index contributed by atoms with van der Waals surface area (Å²) in [5, 5.41) is 9.50. The van der Waals surface area contributed by atoms with Crippen molar-refractivity contribution in [3.63, 3.8) is 0 Å². The number of halogens is 3. The van der Waals surface area contributed by atoms with Crippen LogP contribution in [0.15, 0.2) is 48.7 Å². The number of rotatable bonds is 9. The maximum Gasteiger partial charge on any atom is 0.254 e. The number of hydrogen-bond acceptors (Lipinski definition) is 6. The summed E-state index contributed by atoms with van der Waals surface area (Å²) < 4.78 is 15.3. The van der Waals surface area contributed by atoms with E-state index in [0.717, 1.165) is 24.2 Å². The van der Waals surface area contributed by atoms with E-state index in [2.05, 4.69) is 34.0 Å². The molecule has 0 radical (unpaired) electrons. The first-order valence-electron chi connectivity index (χ1n) is 14.7. The molecule has 2 aliphatic rings. The van der Waals surface area contributed by atoms with Gasteiger partial charge >= 0.3 is 0 Å². The van der Waals surface area contributed by atoms with Crippen LogP contribution in [0.5, 0.6) is 0 Å². The van der Waals surface area contributed by atoms with Gasteiger partial charge in [0.2, 0.25) is 5.91 Å². The Hall–Kier alpha value is -3.05. The van der Waals surface area contributed by atoms with E-state index in [1.165, 1.54) is 6.07 Å². The van der Waals surface area contributed by atoms with Crippen molar-refractivity contribution in [2.24, 2.45) is 0 Å². The Morgan fingerprint density at radius 3 is 2.49 bits per heavy atom. The molecule has 3 aromatic rings. The molecule has 2 fully saturated rings. The number of carbonyl (C=O) groups excluding carboxylic acids is 2. The Kier molecular flexibility index (Phi) is 10.0. The van der Waals surface area contributed by atoms with Crippen LogP contribution in [0, 0.1) is 5.82 Å². The van der Waals surface area contributed by atoms with Gasteiger partial charge in [0.1, 0.15) is 11.9 Å². The molecule has 0 N–H and O–H groups in total. The molecular formula is C31H38Cl2FN7O2. The van der Waals surface area contributed by atoms with Gasteiger partial charge < -0.3 is 14.7 Å². The highest BCUT2D eigenvalue weighted by atomic mass is 35.5. The number of likely N-dealkylation sites (N-methyl/N-ethyl adjacent to an activating group) is 1. The van der Waals surface area contributed by atoms with E-state index >= 15 is 0 Å². The third-order valence-corrected chi connectivity index (χ3v) is 8.74. The molecule has 2 saturated heterocycles. The number of amides is 2. The molecular weight excluding hydrogens is 592 g/mol. The number of aromatic nitrogens is 3. The average Bonchev–Trinajstić information content (AvgIpc) is 3.62. The highest BCUT2D eigenvalue weighted by molar-refractivity contribution is 6.35. The lowest BCUT2D eigenvalue weighted by molar-refractivity contribution is -0.139. The van der Waals surface area contributed by atoms with Crippen LogP contribution in [0.25, 0.3) is 0 Å². The average molecular weight is 631 g/mol. The summed E-state index contributed by atoms with van der Waals surface area (Å²) in [5.74, 6) is -0.454. The molecule has 0 saturated carbocycles. The lowest BCUT2D eigenvalue weighted by Gasteiger charge is -2.45. The molecule has 3 heterocycles. The highest BCUT2D eigenvalue weighted by Crippen LogP contribution is 2.27. The van der Waals surface area contributed by atoms with Gasteiger partial charge in [0.05, 0.1) is 12.2 Å². The molecule has 2 aliphatic heterocycles. The molecule has 230 valence electrons. The van der Waals surface area contributed by atoms with Crippen LogP contribution in [0.2, 0.25) is 10.0 Å². The first-order chi connectivity index (χ1) is 20.6. The number of likely N-dealkylation sites (tertiary alicyclic amines) is 1. The number of nitrogens with zero attached hydrogens (tertiary/aromatic N) is 7. The maximum atomic E-state index is 13.7. The summed E-state index contributed by atoms with van der Waals surface area (Å²) in [7, 11) is 2.00. The van der Waals surface area contributed by atoms with E-state index in [1.54, 1.807) is 35.2 Å². The van der Waals surface area contributed by atoms with Gasteiger partial charge in [-0.05, 0) is 69.6 Å². The number of piperazine rings is 1. The predicted octanol–water partition coefficient (Wildman–Crippen LogP) is 4.58. The van der Waals surface area contributed by atoms with Gasteiger partial charge in [0.25, 0.3) is 5.91 Å². The fourth-order valence-electron chi connectivity index (χ4n) is 6.18. The summed E-state index contributed by atoms with van der Waals surface area (Å²) in [4.78, 5) is 35.1. The van der Waals surface area contributed by atoms with Crippen molar-refractivity contribution in [1.82, 2.24) is 34.6 Å². The van der Waals surface area contributed by atoms with E-state index in [1.807, 2.05) is 28.9 Å². The van der Waals surface area contributed by atoms with Gasteiger partial charge in [-0.1, -0.05) is 40.5 Å². The molecule has 9 nitrogen and oxygen atoms in total. The number of benzene rings is 2. The smallest absolute Gasteiger partial charge is 0.254 e. The third kappa shape index (κ3) is 7.73. The summed E-state index contributed by atoms with van der Waals surface area (Å²) >= 11 is 12.3. The van der Waals surface area contributed by atoms with Crippen LogP contribution in [-0.2, 0) is 24.4 Å². The Morgan fingerprint density at radius 2 is 1.79 bits per heavy atom. The molecule has 43 heavy (non-hydrogen) atoms. The molecule has 0 spiro atoms. The largest absolute Gasteiger partial charge is 0.338 e. The molecule has 2 amide bonds. The highest BCUT2D eigenvalue weighted by Gasteiger charge is 2.40. The van der Waals surface area contributed by atoms with Crippen LogP contribution >= 0.6 is 23.2 Å². The summed E-state index contributed by atoms with van der Waals surface area (Å²) in [6.07, 6.45) is 3.39. The van der Waals surface area contributed by atoms with Gasteiger partial charge in [-0.2, -0.15) is 0 Å². The molecule has 12 heteroatoms. The van der Waals surface area contributed by atoms with E-state index in [9.17, 15) is 14.0 Å². The predicted molar refractivity (Wildman–Crippen MR) is 164 cm³/mol. The quantitative estimate of drug-likeness (QED) is 0.345. The number of hydrogen-bond donors (Lipinski definition) is 0. The lowest BCUT2D eigenvalue weighted by Crippen LogP contribution is -2.60. The zero-order valence-corrected chi connectivity index (χ0v) is 26.3. The summed E-state index contributed by atoms with van der Waals surface area (Å²) in [6.45, 7) is 8.61. The lowest BCUT2D eigenvalue weighted by atomic mass is 10.1. The van der Waals surface area contributed by atoms with Gasteiger partial charge in [0.15, 0.2) is 0 Å². The van der Waals surface area contributed by atoms with Crippen molar-refractivity contribution in [3.8, 4) is 0 Å². The van der Waals surface area contributed by atoms with Crippen LogP contribution in [0.1, 0.15) is 48.3 Å². The maximum absolute atomic E-state index is 13.7. The molecule has 0 aliphatic carbocycles. The number of carbonyl (C=O) groups is 2. The van der Waals surface area contributed by atoms with Crippen molar-refractivity contribution < 1.29 is 14.0 Å². The summed E-state index contributed by atoms with van der Waals surface area (Å²) in [6, 6.07) is 11.2. The third-order valence-electron chi connectivity index (χ3n) is 8.30. The second-order valence-corrected chi connectivity index (χ2v) is 12.6. The van der Waals surface area contributed by atoms with Crippen molar-refractivity contribution in [2.45, 2.75) is 64.4 Å². The van der Waals surface area contributed by atoms with Crippen molar-refractivity contribution in [1.29, 1.82) is 0 Å². The molecule has 3 atom stereocenters. The second-order valence-electron chi connectivity index (χ2n) is 11.8. The monoisotopic (exact) mass is 629 g/mol. The molecule has 5 rings (SSSR count). The van der Waals surface area contributed by atoms with E-state index < -0.39 is 6.04 Å². The fourth-order valence-corrected chi connectivity index (χ4v) is 6.70. The zero-order valence-electron chi connectivity index (χ0n) is 24.8. The van der Waals surface area contributed by atoms with Crippen molar-refractivity contribution in [3.05, 3.63) is 81.3 Å². The normalized spacial score (nSPS) is 21.1. The minimum absolute atomic E-state index is 0.00868. The van der Waals surface area contributed by atoms with Crippen LogP contribution in [0.4, 0.5) is 4.39 Å². The first-order valence-corrected chi connectivity index (χ1v) is 15.5. The fraction of sp³-hybridized carbons (Fsp3) is 0.484. The van der Waals surface area contributed by atoms with Gasteiger partial charge in [-0.25, -0.2) is 4.39 Å². The van der Waals surface area contributed by atoms with E-state index in [0.29, 0.717) is 61.3 Å². The van der Waals surface area contributed by atoms with Gasteiger partial charge in [-0.3, -0.25) is 19.2 Å². The van der Waals surface area contributed by atoms with E-state index in [4.69, 9.17) is 23.2 Å². The molecule has 2 aromatic carbocycles. The summed E-state index contributed by atoms with van der Waals surface area (Å²) in [5.41, 5.74) is 2.20. The minimum Gasteiger partial charge on any atom is -0.338 e. The molecule has 0 bridgehead atoms. The zero-order chi connectivity index (χ0) is 30.7. The Bertz CT molecular complexity index is 1420. The van der Waals surface area contributed by atoms with Crippen molar-refractivity contribution in [2.75, 3.05) is 33.2 Å². The van der Waals surface area contributed by atoms with Crippen LogP contribution < -0.4 is 0 Å². The standard InChI is InChI=1S/C31H38Cl2FN7O2/c1-21-16-38(31(43)29-8-5-9-40(29)30(42)24-13-25(32)15-26(33)14-24)17-22(2)41(21)20-28-19-39(36-35-28)11-10-37(3)18-23-6-4-7-27(34)12-23/h4,6-7,12-15,19,21-22,29H,5,8-11,16-18,20H2,1-3H3/t21-,22+,29?. The Balaban J connectivity index is 1.14. The van der Waals surface area contributed by atoms with E-state index in [-0.39, 0.29) is 29.7 Å². The van der Waals surface area contributed by atoms with Gasteiger partial charge in [0, 0.05) is 73.2 Å². The first kappa shape index (κ1) is 31.4. The molecule has 1 aromatic heterocycles. The topological polar surface area (TPSA) is 77.8 Å². The Morgan fingerprint density at radius 1 is 1.07 bits per heavy atom. The second kappa shape index (κ2) is 13.7. The van der Waals surface area contributed by atoms with Crippen LogP contribution in [0.3, 0.4) is 0 Å². The SMILES string of the molecule is C[C@@H]1CN(C(=O)C2CCCN2C(=O)c2cc(Cl)cc(Cl)c2)C[C@H](C)N1Cc1cn(CCN(C)Cc2cccc(F)c2)nn1. The van der Waals surface area contributed by atoms with Gasteiger partial charge in [-0.15, -0.1) is 5.10 Å². The van der Waals surface area contributed by atoms with Crippen LogP contribution in [-0.4, -0.2) is 97.8 Å². The molecule has 1 unspecified atom stereocenters. The van der Waals surface area contributed by atoms with Crippen molar-refractivity contribution >= 4 is 35.0 Å².